The Bertz CT molecular complexity index is 402. The molecular formula is C9H19O9SSe+. The molecule has 1 aliphatic rings. The van der Waals surface area contributed by atoms with Gasteiger partial charge in [-0.05, 0) is 0 Å². The summed E-state index contributed by atoms with van der Waals surface area (Å²) < 4.78 is 33.8. The van der Waals surface area contributed by atoms with Crippen molar-refractivity contribution >= 4 is 24.3 Å². The fourth-order valence-electron chi connectivity index (χ4n) is 1.99. The normalized spacial score (nSPS) is 34.1. The van der Waals surface area contributed by atoms with Gasteiger partial charge < -0.3 is 0 Å². The Morgan fingerprint density at radius 3 is 2.35 bits per heavy atom. The molecule has 0 amide bonds. The second kappa shape index (κ2) is 7.45. The van der Waals surface area contributed by atoms with Crippen molar-refractivity contribution in [3.05, 3.63) is 0 Å². The summed E-state index contributed by atoms with van der Waals surface area (Å²) >= 11 is -1.82. The molecule has 11 heteroatoms. The molecule has 0 aliphatic carbocycles. The van der Waals surface area contributed by atoms with Gasteiger partial charge in [-0.2, -0.15) is 0 Å². The molecule has 6 N–H and O–H groups in total. The molecule has 0 aromatic rings. The Hall–Kier alpha value is 0.189. The van der Waals surface area contributed by atoms with Gasteiger partial charge in [-0.25, -0.2) is 0 Å². The van der Waals surface area contributed by atoms with E-state index >= 15 is 0 Å². The number of aliphatic hydroxyl groups is 5. The molecule has 1 fully saturated rings. The zero-order chi connectivity index (χ0) is 15.5. The zero-order valence-corrected chi connectivity index (χ0v) is 13.0. The van der Waals surface area contributed by atoms with E-state index in [-0.39, 0.29) is 17.2 Å². The van der Waals surface area contributed by atoms with E-state index in [1.807, 2.05) is 0 Å². The van der Waals surface area contributed by atoms with E-state index in [1.54, 1.807) is 0 Å². The van der Waals surface area contributed by atoms with Crippen LogP contribution < -0.4 is 0 Å². The van der Waals surface area contributed by atoms with Gasteiger partial charge in [0.25, 0.3) is 0 Å². The fourth-order valence-corrected chi connectivity index (χ4v) is 8.17. The number of hydrogen-bond acceptors (Lipinski definition) is 8. The van der Waals surface area contributed by atoms with Crippen molar-refractivity contribution in [3.63, 3.8) is 0 Å². The third kappa shape index (κ3) is 4.88. The van der Waals surface area contributed by atoms with Crippen LogP contribution in [0.4, 0.5) is 0 Å². The molecule has 0 spiro atoms. The number of hydrogen-bond donors (Lipinski definition) is 6. The average Bonchev–Trinajstić information content (AvgIpc) is 2.60. The van der Waals surface area contributed by atoms with Crippen molar-refractivity contribution < 1.29 is 42.7 Å². The molecule has 0 aromatic carbocycles. The average molecular weight is 382 g/mol. The van der Waals surface area contributed by atoms with E-state index in [0.717, 1.165) is 0 Å². The van der Waals surface area contributed by atoms with Crippen LogP contribution in [0.15, 0.2) is 0 Å². The molecule has 1 rings (SSSR count). The molecule has 20 heavy (non-hydrogen) atoms. The predicted molar refractivity (Wildman–Crippen MR) is 67.7 cm³/mol. The van der Waals surface area contributed by atoms with Gasteiger partial charge in [0, 0.05) is 0 Å². The van der Waals surface area contributed by atoms with E-state index < -0.39 is 60.1 Å². The Kier molecular flexibility index (Phi) is 6.80. The van der Waals surface area contributed by atoms with Crippen LogP contribution in [0.25, 0.3) is 0 Å². The minimum atomic E-state index is -4.81. The van der Waals surface area contributed by atoms with Crippen molar-refractivity contribution in [1.82, 2.24) is 0 Å². The van der Waals surface area contributed by atoms with Crippen molar-refractivity contribution in [2.24, 2.45) is 0 Å². The second-order valence-electron chi connectivity index (χ2n) is 4.46. The molecule has 6 atom stereocenters. The van der Waals surface area contributed by atoms with Crippen molar-refractivity contribution in [2.45, 2.75) is 39.9 Å². The van der Waals surface area contributed by atoms with E-state index in [1.165, 1.54) is 0 Å². The fraction of sp³-hybridized carbons (Fsp3) is 1.00. The molecule has 9 nitrogen and oxygen atoms in total. The van der Waals surface area contributed by atoms with Crippen LogP contribution in [0, 0.1) is 0 Å². The van der Waals surface area contributed by atoms with Crippen LogP contribution in [-0.2, 0) is 14.6 Å². The van der Waals surface area contributed by atoms with Crippen LogP contribution in [0.3, 0.4) is 0 Å². The molecule has 1 heterocycles. The molecule has 1 aliphatic heterocycles. The van der Waals surface area contributed by atoms with Crippen molar-refractivity contribution in [1.29, 1.82) is 0 Å². The topological polar surface area (TPSA) is 165 Å². The summed E-state index contributed by atoms with van der Waals surface area (Å²) in [5, 5.41) is 47.4. The third-order valence-corrected chi connectivity index (χ3v) is 9.42. The summed E-state index contributed by atoms with van der Waals surface area (Å²) in [5.41, 5.74) is 0. The molecule has 0 bridgehead atoms. The van der Waals surface area contributed by atoms with E-state index in [4.69, 9.17) is 9.66 Å². The summed E-state index contributed by atoms with van der Waals surface area (Å²) in [6.45, 7) is -1.17. The number of aliphatic hydroxyl groups excluding tert-OH is 5. The summed E-state index contributed by atoms with van der Waals surface area (Å²) in [4.78, 5) is -0.537. The maximum atomic E-state index is 10.6. The quantitative estimate of drug-likeness (QED) is 0.200. The van der Waals surface area contributed by atoms with Crippen LogP contribution in [0.2, 0.25) is 15.5 Å². The predicted octanol–water partition coefficient (Wildman–Crippen LogP) is -2.88. The van der Waals surface area contributed by atoms with Crippen LogP contribution >= 0.6 is 0 Å². The Balaban J connectivity index is 2.66. The van der Waals surface area contributed by atoms with Gasteiger partial charge in [-0.15, -0.1) is 0 Å². The van der Waals surface area contributed by atoms with Gasteiger partial charge in [0.2, 0.25) is 0 Å². The van der Waals surface area contributed by atoms with Gasteiger partial charge in [0.05, 0.1) is 0 Å². The third-order valence-electron chi connectivity index (χ3n) is 3.01. The first-order valence-corrected chi connectivity index (χ1v) is 10.5. The molecule has 0 radical (unpaired) electrons. The Morgan fingerprint density at radius 2 is 1.90 bits per heavy atom. The molecular weight excluding hydrogens is 363 g/mol. The van der Waals surface area contributed by atoms with E-state index in [0.29, 0.717) is 0 Å². The van der Waals surface area contributed by atoms with Gasteiger partial charge in [-0.3, -0.25) is 0 Å². The van der Waals surface area contributed by atoms with Gasteiger partial charge in [0.15, 0.2) is 0 Å². The second-order valence-corrected chi connectivity index (χ2v) is 10.4. The maximum absolute atomic E-state index is 10.6. The van der Waals surface area contributed by atoms with E-state index in [2.05, 4.69) is 4.18 Å². The molecule has 1 saturated heterocycles. The summed E-state index contributed by atoms with van der Waals surface area (Å²) in [5.74, 6) is 0. The van der Waals surface area contributed by atoms with E-state index in [9.17, 15) is 28.8 Å². The SMILES string of the molecule is O=S(=O)(O)O[C@@H](CO)[C@H](O)C[Se+]1C[C@H](O)[C@@H](O)[C@H]1CO. The molecule has 1 unspecified atom stereocenters. The molecule has 0 aromatic heterocycles. The number of rotatable bonds is 7. The Morgan fingerprint density at radius 1 is 1.30 bits per heavy atom. The minimum absolute atomic E-state index is 0.0140. The van der Waals surface area contributed by atoms with Crippen molar-refractivity contribution in [3.8, 4) is 0 Å². The van der Waals surface area contributed by atoms with Gasteiger partial charge >= 0.3 is 120 Å². The Labute approximate surface area is 120 Å². The first-order valence-electron chi connectivity index (χ1n) is 5.77. The first-order chi connectivity index (χ1) is 9.19. The summed E-state index contributed by atoms with van der Waals surface area (Å²) in [6, 6.07) is 0. The summed E-state index contributed by atoms with van der Waals surface area (Å²) in [7, 11) is -4.81. The summed E-state index contributed by atoms with van der Waals surface area (Å²) in [6.07, 6.45) is -4.98. The monoisotopic (exact) mass is 383 g/mol. The van der Waals surface area contributed by atoms with Crippen LogP contribution in [-0.4, -0.2) is 90.0 Å². The first kappa shape index (κ1) is 18.2. The van der Waals surface area contributed by atoms with Crippen molar-refractivity contribution in [2.75, 3.05) is 13.2 Å². The van der Waals surface area contributed by atoms with Crippen LogP contribution in [0.5, 0.6) is 0 Å². The standard InChI is InChI=1S/C9H18O9SSe/c10-1-7(18-19(15,16)17)5(12)3-20-4-6(13)9(14)8(20)2-11/h5-14H,1-4H2/p+1/t5-,6+,7+,8-,9-,20?/m1/s1. The van der Waals surface area contributed by atoms with Gasteiger partial charge in [0.1, 0.15) is 0 Å². The zero-order valence-electron chi connectivity index (χ0n) is 10.4. The molecule has 120 valence electrons. The van der Waals surface area contributed by atoms with Gasteiger partial charge in [-0.1, -0.05) is 0 Å². The van der Waals surface area contributed by atoms with Crippen LogP contribution in [0.1, 0.15) is 0 Å². The molecule has 0 saturated carbocycles.